The van der Waals surface area contributed by atoms with Gasteiger partial charge in [0.2, 0.25) is 0 Å². The molecule has 0 atom stereocenters. The number of nitrogens with zero attached hydrogens (tertiary/aromatic N) is 1. The van der Waals surface area contributed by atoms with Crippen LogP contribution in [-0.2, 0) is 6.54 Å². The highest BCUT2D eigenvalue weighted by atomic mass is 14.9. The van der Waals surface area contributed by atoms with Crippen molar-refractivity contribution >= 4 is 0 Å². The zero-order valence-corrected chi connectivity index (χ0v) is 12.3. The van der Waals surface area contributed by atoms with Gasteiger partial charge in [-0.15, -0.1) is 0 Å². The van der Waals surface area contributed by atoms with Crippen LogP contribution in [0.4, 0.5) is 0 Å². The molecule has 1 aliphatic carbocycles. The van der Waals surface area contributed by atoms with Gasteiger partial charge in [0.15, 0.2) is 0 Å². The SMILES string of the molecule is Cc1cc(C)c(CNC2CCC(C#N)CC2)cc1C. The van der Waals surface area contributed by atoms with E-state index in [-0.39, 0.29) is 0 Å². The van der Waals surface area contributed by atoms with Crippen LogP contribution in [-0.4, -0.2) is 6.04 Å². The van der Waals surface area contributed by atoms with E-state index in [4.69, 9.17) is 5.26 Å². The maximum absolute atomic E-state index is 8.91. The summed E-state index contributed by atoms with van der Waals surface area (Å²) >= 11 is 0. The van der Waals surface area contributed by atoms with Gasteiger partial charge in [-0.3, -0.25) is 0 Å². The first kappa shape index (κ1) is 14.1. The summed E-state index contributed by atoms with van der Waals surface area (Å²) in [5.41, 5.74) is 5.53. The van der Waals surface area contributed by atoms with E-state index in [9.17, 15) is 0 Å². The minimum atomic E-state index is 0.293. The molecule has 1 saturated carbocycles. The Balaban J connectivity index is 1.90. The van der Waals surface area contributed by atoms with E-state index in [1.54, 1.807) is 0 Å². The first-order valence-electron chi connectivity index (χ1n) is 7.30. The third-order valence-electron chi connectivity index (χ3n) is 4.44. The molecule has 2 nitrogen and oxygen atoms in total. The van der Waals surface area contributed by atoms with Crippen LogP contribution < -0.4 is 5.32 Å². The van der Waals surface area contributed by atoms with Crippen LogP contribution in [0.2, 0.25) is 0 Å². The largest absolute Gasteiger partial charge is 0.310 e. The molecule has 0 unspecified atom stereocenters. The lowest BCUT2D eigenvalue weighted by Gasteiger charge is -2.26. The van der Waals surface area contributed by atoms with Gasteiger partial charge in [0.1, 0.15) is 0 Å². The van der Waals surface area contributed by atoms with Gasteiger partial charge in [0.05, 0.1) is 6.07 Å². The first-order valence-corrected chi connectivity index (χ1v) is 7.30. The van der Waals surface area contributed by atoms with Crippen LogP contribution in [0, 0.1) is 38.0 Å². The number of nitriles is 1. The van der Waals surface area contributed by atoms with Crippen molar-refractivity contribution in [1.29, 1.82) is 5.26 Å². The summed E-state index contributed by atoms with van der Waals surface area (Å²) < 4.78 is 0. The van der Waals surface area contributed by atoms with E-state index in [2.05, 4.69) is 44.3 Å². The molecule has 0 radical (unpaired) electrons. The van der Waals surface area contributed by atoms with Crippen LogP contribution in [0.25, 0.3) is 0 Å². The van der Waals surface area contributed by atoms with E-state index in [0.717, 1.165) is 32.2 Å². The molecule has 0 aromatic heterocycles. The Kier molecular flexibility index (Phi) is 4.61. The quantitative estimate of drug-likeness (QED) is 0.893. The van der Waals surface area contributed by atoms with Crippen molar-refractivity contribution in [3.8, 4) is 6.07 Å². The maximum atomic E-state index is 8.91. The summed E-state index contributed by atoms with van der Waals surface area (Å²) in [5.74, 6) is 0.293. The summed E-state index contributed by atoms with van der Waals surface area (Å²) in [7, 11) is 0. The van der Waals surface area contributed by atoms with Crippen molar-refractivity contribution in [1.82, 2.24) is 5.32 Å². The van der Waals surface area contributed by atoms with Crippen LogP contribution in [0.1, 0.15) is 47.9 Å². The fourth-order valence-electron chi connectivity index (χ4n) is 2.89. The first-order chi connectivity index (χ1) is 9.10. The number of hydrogen-bond acceptors (Lipinski definition) is 2. The lowest BCUT2D eigenvalue weighted by molar-refractivity contribution is 0.331. The smallest absolute Gasteiger partial charge is 0.0655 e. The number of hydrogen-bond donors (Lipinski definition) is 1. The summed E-state index contributed by atoms with van der Waals surface area (Å²) in [6, 6.07) is 7.56. The van der Waals surface area contributed by atoms with Crippen molar-refractivity contribution in [3.05, 3.63) is 34.4 Å². The summed E-state index contributed by atoms with van der Waals surface area (Å²) in [5, 5.41) is 12.6. The normalized spacial score (nSPS) is 23.1. The van der Waals surface area contributed by atoms with E-state index in [0.29, 0.717) is 12.0 Å². The Labute approximate surface area is 116 Å². The number of rotatable bonds is 3. The molecule has 2 heteroatoms. The number of aryl methyl sites for hydroxylation is 3. The molecule has 0 spiro atoms. The minimum absolute atomic E-state index is 0.293. The van der Waals surface area contributed by atoms with Gasteiger partial charge in [-0.05, 0) is 68.7 Å². The molecule has 0 saturated heterocycles. The van der Waals surface area contributed by atoms with Crippen LogP contribution in [0.15, 0.2) is 12.1 Å². The van der Waals surface area contributed by atoms with Crippen LogP contribution in [0.3, 0.4) is 0 Å². The topological polar surface area (TPSA) is 35.8 Å². The average molecular weight is 256 g/mol. The van der Waals surface area contributed by atoms with Gasteiger partial charge in [0.25, 0.3) is 0 Å². The molecule has 102 valence electrons. The third-order valence-corrected chi connectivity index (χ3v) is 4.44. The molecule has 0 bridgehead atoms. The lowest BCUT2D eigenvalue weighted by Crippen LogP contribution is -2.32. The fourth-order valence-corrected chi connectivity index (χ4v) is 2.89. The minimum Gasteiger partial charge on any atom is -0.310 e. The molecular formula is C17H24N2. The molecule has 0 amide bonds. The van der Waals surface area contributed by atoms with Gasteiger partial charge < -0.3 is 5.32 Å². The lowest BCUT2D eigenvalue weighted by atomic mass is 9.87. The predicted octanol–water partition coefficient (Wildman–Crippen LogP) is 3.78. The highest BCUT2D eigenvalue weighted by Gasteiger charge is 2.20. The molecule has 1 fully saturated rings. The fraction of sp³-hybridized carbons (Fsp3) is 0.588. The average Bonchev–Trinajstić information content (AvgIpc) is 2.42. The van der Waals surface area contributed by atoms with Gasteiger partial charge in [0, 0.05) is 18.5 Å². The molecule has 1 aliphatic rings. The Morgan fingerprint density at radius 1 is 1.05 bits per heavy atom. The molecule has 1 aromatic rings. The van der Waals surface area contributed by atoms with Crippen molar-refractivity contribution in [2.75, 3.05) is 0 Å². The van der Waals surface area contributed by atoms with Crippen molar-refractivity contribution in [3.63, 3.8) is 0 Å². The van der Waals surface area contributed by atoms with Gasteiger partial charge >= 0.3 is 0 Å². The monoisotopic (exact) mass is 256 g/mol. The van der Waals surface area contributed by atoms with E-state index < -0.39 is 0 Å². The Hall–Kier alpha value is -1.33. The molecule has 19 heavy (non-hydrogen) atoms. The maximum Gasteiger partial charge on any atom is 0.0655 e. The van der Waals surface area contributed by atoms with E-state index >= 15 is 0 Å². The Bertz CT molecular complexity index is 477. The summed E-state index contributed by atoms with van der Waals surface area (Å²) in [4.78, 5) is 0. The highest BCUT2D eigenvalue weighted by molar-refractivity contribution is 5.36. The van der Waals surface area contributed by atoms with Crippen molar-refractivity contribution in [2.24, 2.45) is 5.92 Å². The second-order valence-electron chi connectivity index (χ2n) is 5.92. The van der Waals surface area contributed by atoms with Crippen molar-refractivity contribution < 1.29 is 0 Å². The van der Waals surface area contributed by atoms with E-state index in [1.165, 1.54) is 22.3 Å². The molecule has 0 aliphatic heterocycles. The zero-order chi connectivity index (χ0) is 13.8. The zero-order valence-electron chi connectivity index (χ0n) is 12.3. The van der Waals surface area contributed by atoms with Gasteiger partial charge in [-0.25, -0.2) is 0 Å². The summed E-state index contributed by atoms with van der Waals surface area (Å²) in [6.45, 7) is 7.49. The number of nitrogens with one attached hydrogen (secondary N) is 1. The third kappa shape index (κ3) is 3.58. The predicted molar refractivity (Wildman–Crippen MR) is 78.9 cm³/mol. The van der Waals surface area contributed by atoms with Gasteiger partial charge in [-0.2, -0.15) is 5.26 Å². The molecule has 1 N–H and O–H groups in total. The molecule has 2 rings (SSSR count). The van der Waals surface area contributed by atoms with Crippen LogP contribution in [0.5, 0.6) is 0 Å². The molecular weight excluding hydrogens is 232 g/mol. The van der Waals surface area contributed by atoms with Gasteiger partial charge in [-0.1, -0.05) is 12.1 Å². The summed E-state index contributed by atoms with van der Waals surface area (Å²) in [6.07, 6.45) is 4.39. The number of benzene rings is 1. The van der Waals surface area contributed by atoms with Crippen LogP contribution >= 0.6 is 0 Å². The van der Waals surface area contributed by atoms with Crippen molar-refractivity contribution in [2.45, 2.75) is 59.0 Å². The standard InChI is InChI=1S/C17H24N2/c1-12-8-14(3)16(9-13(12)2)11-19-17-6-4-15(10-18)5-7-17/h8-9,15,17,19H,4-7,11H2,1-3H3. The molecule has 1 aromatic carbocycles. The second kappa shape index (κ2) is 6.21. The second-order valence-corrected chi connectivity index (χ2v) is 5.92. The Morgan fingerprint density at radius 3 is 2.32 bits per heavy atom. The van der Waals surface area contributed by atoms with E-state index in [1.807, 2.05) is 0 Å². The highest BCUT2D eigenvalue weighted by Crippen LogP contribution is 2.24. The Morgan fingerprint density at radius 2 is 1.68 bits per heavy atom. The molecule has 0 heterocycles.